The van der Waals surface area contributed by atoms with Gasteiger partial charge < -0.3 is 10.6 Å². The summed E-state index contributed by atoms with van der Waals surface area (Å²) in [6.07, 6.45) is 8.96. The highest BCUT2D eigenvalue weighted by molar-refractivity contribution is 5.79. The second kappa shape index (κ2) is 9.49. The Labute approximate surface area is 178 Å². The van der Waals surface area contributed by atoms with Crippen molar-refractivity contribution in [1.29, 1.82) is 0 Å². The van der Waals surface area contributed by atoms with E-state index in [2.05, 4.69) is 51.1 Å². The molecule has 162 valence electrons. The van der Waals surface area contributed by atoms with Crippen LogP contribution in [0.5, 0.6) is 0 Å². The van der Waals surface area contributed by atoms with Crippen LogP contribution in [0, 0.1) is 0 Å². The zero-order valence-electron chi connectivity index (χ0n) is 18.1. The number of aromatic nitrogens is 3. The van der Waals surface area contributed by atoms with E-state index in [1.807, 2.05) is 11.6 Å². The predicted octanol–water partition coefficient (Wildman–Crippen LogP) is 2.45. The SMILES string of the molecule is CN=C(NCCCn1nc2n(c1=O)CCCC2)NCC1(c2ccccc2)CCCC1. The number of rotatable bonds is 7. The van der Waals surface area contributed by atoms with Crippen LogP contribution in [0.25, 0.3) is 0 Å². The van der Waals surface area contributed by atoms with Gasteiger partial charge in [0.05, 0.1) is 0 Å². The number of benzene rings is 1. The minimum absolute atomic E-state index is 0.0400. The Hall–Kier alpha value is -2.57. The molecule has 1 aromatic heterocycles. The van der Waals surface area contributed by atoms with Gasteiger partial charge in [-0.25, -0.2) is 9.48 Å². The van der Waals surface area contributed by atoms with Crippen molar-refractivity contribution in [2.24, 2.45) is 4.99 Å². The maximum Gasteiger partial charge on any atom is 0.345 e. The molecule has 0 atom stereocenters. The Morgan fingerprint density at radius 2 is 1.93 bits per heavy atom. The van der Waals surface area contributed by atoms with Crippen molar-refractivity contribution in [1.82, 2.24) is 25.0 Å². The quantitative estimate of drug-likeness (QED) is 0.418. The molecule has 2 heterocycles. The second-order valence-corrected chi connectivity index (χ2v) is 8.59. The van der Waals surface area contributed by atoms with Gasteiger partial charge in [0.1, 0.15) is 5.82 Å². The lowest BCUT2D eigenvalue weighted by molar-refractivity contribution is 0.431. The van der Waals surface area contributed by atoms with Crippen molar-refractivity contribution in [3.63, 3.8) is 0 Å². The summed E-state index contributed by atoms with van der Waals surface area (Å²) in [7, 11) is 1.81. The van der Waals surface area contributed by atoms with Crippen LogP contribution in [-0.4, -0.2) is 40.4 Å². The van der Waals surface area contributed by atoms with Gasteiger partial charge in [-0.2, -0.15) is 5.10 Å². The molecule has 0 radical (unpaired) electrons. The molecule has 4 rings (SSSR count). The van der Waals surface area contributed by atoms with Crippen LogP contribution >= 0.6 is 0 Å². The molecule has 7 nitrogen and oxygen atoms in total. The van der Waals surface area contributed by atoms with Crippen molar-refractivity contribution in [3.05, 3.63) is 52.2 Å². The van der Waals surface area contributed by atoms with Gasteiger partial charge in [-0.1, -0.05) is 43.2 Å². The molecule has 0 spiro atoms. The third-order valence-electron chi connectivity index (χ3n) is 6.64. The highest BCUT2D eigenvalue weighted by Crippen LogP contribution is 2.40. The summed E-state index contributed by atoms with van der Waals surface area (Å²) in [6, 6.07) is 10.9. The molecule has 0 bridgehead atoms. The summed E-state index contributed by atoms with van der Waals surface area (Å²) >= 11 is 0. The fourth-order valence-electron chi connectivity index (χ4n) is 4.91. The van der Waals surface area contributed by atoms with Crippen LogP contribution in [0.15, 0.2) is 40.1 Å². The first-order chi connectivity index (χ1) is 14.7. The smallest absolute Gasteiger partial charge is 0.345 e. The van der Waals surface area contributed by atoms with Crippen molar-refractivity contribution >= 4 is 5.96 Å². The topological polar surface area (TPSA) is 76.2 Å². The minimum Gasteiger partial charge on any atom is -0.356 e. The molecule has 1 fully saturated rings. The van der Waals surface area contributed by atoms with E-state index in [0.29, 0.717) is 6.54 Å². The fraction of sp³-hybridized carbons (Fsp3) is 0.609. The summed E-state index contributed by atoms with van der Waals surface area (Å²) in [5, 5.41) is 11.5. The summed E-state index contributed by atoms with van der Waals surface area (Å²) in [4.78, 5) is 16.8. The molecule has 0 unspecified atom stereocenters. The molecule has 30 heavy (non-hydrogen) atoms. The summed E-state index contributed by atoms with van der Waals surface area (Å²) in [5.74, 6) is 1.77. The van der Waals surface area contributed by atoms with Gasteiger partial charge in [0.15, 0.2) is 5.96 Å². The van der Waals surface area contributed by atoms with Crippen molar-refractivity contribution in [2.45, 2.75) is 69.9 Å². The Kier molecular flexibility index (Phi) is 6.55. The van der Waals surface area contributed by atoms with Gasteiger partial charge in [-0.15, -0.1) is 0 Å². The maximum absolute atomic E-state index is 12.4. The third-order valence-corrected chi connectivity index (χ3v) is 6.64. The van der Waals surface area contributed by atoms with Crippen LogP contribution < -0.4 is 16.3 Å². The van der Waals surface area contributed by atoms with Crippen molar-refractivity contribution in [3.8, 4) is 0 Å². The first kappa shape index (κ1) is 20.7. The molecular formula is C23H34N6O. The van der Waals surface area contributed by atoms with Gasteiger partial charge in [0.25, 0.3) is 0 Å². The monoisotopic (exact) mass is 410 g/mol. The van der Waals surface area contributed by atoms with E-state index in [0.717, 1.165) is 57.1 Å². The third kappa shape index (κ3) is 4.45. The zero-order valence-corrected chi connectivity index (χ0v) is 18.1. The van der Waals surface area contributed by atoms with E-state index in [9.17, 15) is 4.79 Å². The highest BCUT2D eigenvalue weighted by Gasteiger charge is 2.35. The number of fused-ring (bicyclic) bond motifs is 1. The summed E-state index contributed by atoms with van der Waals surface area (Å²) < 4.78 is 3.46. The number of aryl methyl sites for hydroxylation is 2. The molecule has 1 aliphatic heterocycles. The van der Waals surface area contributed by atoms with E-state index in [-0.39, 0.29) is 11.1 Å². The fourth-order valence-corrected chi connectivity index (χ4v) is 4.91. The Balaban J connectivity index is 1.27. The lowest BCUT2D eigenvalue weighted by Crippen LogP contribution is -2.45. The average Bonchev–Trinajstić information content (AvgIpc) is 3.40. The first-order valence-corrected chi connectivity index (χ1v) is 11.4. The van der Waals surface area contributed by atoms with Crippen molar-refractivity contribution in [2.75, 3.05) is 20.1 Å². The van der Waals surface area contributed by atoms with E-state index in [4.69, 9.17) is 0 Å². The van der Waals surface area contributed by atoms with Gasteiger partial charge in [-0.05, 0) is 37.7 Å². The number of nitrogens with zero attached hydrogens (tertiary/aromatic N) is 4. The zero-order chi connectivity index (χ0) is 20.8. The molecule has 1 aromatic carbocycles. The standard InChI is InChI=1S/C23H34N6O/c1-24-21(26-18-23(13-6-7-14-23)19-10-3-2-4-11-19)25-15-9-17-29-22(30)28-16-8-5-12-20(28)27-29/h2-4,10-11H,5-9,12-18H2,1H3,(H2,24,25,26). The molecule has 2 N–H and O–H groups in total. The molecule has 1 saturated carbocycles. The van der Waals surface area contributed by atoms with E-state index in [1.165, 1.54) is 31.2 Å². The lowest BCUT2D eigenvalue weighted by atomic mass is 9.79. The Morgan fingerprint density at radius 1 is 1.13 bits per heavy atom. The number of aliphatic imine (C=N–C) groups is 1. The van der Waals surface area contributed by atoms with Crippen LogP contribution in [0.4, 0.5) is 0 Å². The second-order valence-electron chi connectivity index (χ2n) is 8.59. The van der Waals surface area contributed by atoms with Crippen LogP contribution in [0.2, 0.25) is 0 Å². The molecule has 0 amide bonds. The summed E-state index contributed by atoms with van der Waals surface area (Å²) in [5.41, 5.74) is 1.66. The number of nitrogens with one attached hydrogen (secondary N) is 2. The Bertz CT molecular complexity index is 908. The van der Waals surface area contributed by atoms with E-state index >= 15 is 0 Å². The van der Waals surface area contributed by atoms with Crippen LogP contribution in [0.1, 0.15) is 56.3 Å². The minimum atomic E-state index is 0.0400. The normalized spacial score (nSPS) is 18.2. The van der Waals surface area contributed by atoms with Crippen molar-refractivity contribution < 1.29 is 0 Å². The molecule has 2 aliphatic rings. The maximum atomic E-state index is 12.4. The van der Waals surface area contributed by atoms with Gasteiger partial charge >= 0.3 is 5.69 Å². The molecule has 7 heteroatoms. The molecule has 2 aromatic rings. The molecule has 0 saturated heterocycles. The summed E-state index contributed by atoms with van der Waals surface area (Å²) in [6.45, 7) is 3.10. The first-order valence-electron chi connectivity index (χ1n) is 11.4. The number of hydrogen-bond acceptors (Lipinski definition) is 3. The van der Waals surface area contributed by atoms with Crippen LogP contribution in [-0.2, 0) is 24.9 Å². The van der Waals surface area contributed by atoms with E-state index in [1.54, 1.807) is 4.68 Å². The molecular weight excluding hydrogens is 376 g/mol. The average molecular weight is 411 g/mol. The Morgan fingerprint density at radius 3 is 2.67 bits per heavy atom. The van der Waals surface area contributed by atoms with Gasteiger partial charge in [-0.3, -0.25) is 9.56 Å². The van der Waals surface area contributed by atoms with Gasteiger partial charge in [0.2, 0.25) is 0 Å². The number of guanidine groups is 1. The highest BCUT2D eigenvalue weighted by atomic mass is 16.2. The number of hydrogen-bond donors (Lipinski definition) is 2. The van der Waals surface area contributed by atoms with Crippen LogP contribution in [0.3, 0.4) is 0 Å². The lowest BCUT2D eigenvalue weighted by Gasteiger charge is -2.30. The van der Waals surface area contributed by atoms with Gasteiger partial charge in [0, 0.05) is 45.1 Å². The largest absolute Gasteiger partial charge is 0.356 e. The molecule has 1 aliphatic carbocycles. The van der Waals surface area contributed by atoms with E-state index < -0.39 is 0 Å². The predicted molar refractivity (Wildman–Crippen MR) is 120 cm³/mol.